The summed E-state index contributed by atoms with van der Waals surface area (Å²) in [4.78, 5) is 35.8. The van der Waals surface area contributed by atoms with E-state index in [2.05, 4.69) is 10.1 Å². The summed E-state index contributed by atoms with van der Waals surface area (Å²) in [5, 5.41) is 4.33. The largest absolute Gasteiger partial charge is 0.467 e. The van der Waals surface area contributed by atoms with E-state index >= 15 is 0 Å². The summed E-state index contributed by atoms with van der Waals surface area (Å²) in [6.45, 7) is 5.11. The summed E-state index contributed by atoms with van der Waals surface area (Å²) in [7, 11) is 1.27. The quantitative estimate of drug-likeness (QED) is 0.774. The molecule has 0 saturated heterocycles. The lowest BCUT2D eigenvalue weighted by Crippen LogP contribution is -2.47. The van der Waals surface area contributed by atoms with Gasteiger partial charge in [0.15, 0.2) is 6.61 Å². The maximum absolute atomic E-state index is 11.9. The van der Waals surface area contributed by atoms with E-state index in [1.165, 1.54) is 18.4 Å². The van der Waals surface area contributed by atoms with Gasteiger partial charge in [-0.3, -0.25) is 4.79 Å². The van der Waals surface area contributed by atoms with E-state index in [-0.39, 0.29) is 5.92 Å². The fourth-order valence-electron chi connectivity index (χ4n) is 1.79. The van der Waals surface area contributed by atoms with Gasteiger partial charge in [0, 0.05) is 0 Å². The summed E-state index contributed by atoms with van der Waals surface area (Å²) in [6, 6.07) is 1.06. The first kappa shape index (κ1) is 18.2. The summed E-state index contributed by atoms with van der Waals surface area (Å²) in [5.74, 6) is -1.66. The van der Waals surface area contributed by atoms with Crippen molar-refractivity contribution in [2.75, 3.05) is 13.7 Å². The summed E-state index contributed by atoms with van der Waals surface area (Å²) >= 11 is 1.26. The van der Waals surface area contributed by atoms with Gasteiger partial charge in [-0.1, -0.05) is 20.3 Å². The first-order valence-corrected chi connectivity index (χ1v) is 7.87. The van der Waals surface area contributed by atoms with Crippen molar-refractivity contribution in [3.05, 3.63) is 21.9 Å². The Labute approximate surface area is 133 Å². The van der Waals surface area contributed by atoms with E-state index in [0.717, 1.165) is 5.56 Å². The topological polar surface area (TPSA) is 81.7 Å². The molecule has 6 nitrogen and oxygen atoms in total. The van der Waals surface area contributed by atoms with Gasteiger partial charge in [0.05, 0.1) is 7.11 Å². The molecule has 1 amide bonds. The number of esters is 2. The molecule has 1 N–H and O–H groups in total. The lowest BCUT2D eigenvalue weighted by atomic mass is 9.99. The van der Waals surface area contributed by atoms with Crippen LogP contribution in [-0.4, -0.2) is 37.6 Å². The zero-order valence-electron chi connectivity index (χ0n) is 13.2. The molecule has 1 aromatic heterocycles. The molecule has 22 heavy (non-hydrogen) atoms. The summed E-state index contributed by atoms with van der Waals surface area (Å²) in [5.41, 5.74) is 0.808. The first-order chi connectivity index (χ1) is 10.4. The van der Waals surface area contributed by atoms with Crippen LogP contribution in [0, 0.1) is 12.8 Å². The van der Waals surface area contributed by atoms with E-state index in [1.54, 1.807) is 18.4 Å². The molecule has 122 valence electrons. The highest BCUT2D eigenvalue weighted by Crippen LogP contribution is 2.16. The predicted octanol–water partition coefficient (Wildman–Crippen LogP) is 1.92. The van der Waals surface area contributed by atoms with Crippen LogP contribution in [0.5, 0.6) is 0 Å². The van der Waals surface area contributed by atoms with Crippen LogP contribution in [0.1, 0.15) is 35.5 Å². The van der Waals surface area contributed by atoms with Crippen molar-refractivity contribution in [1.29, 1.82) is 0 Å². The molecular formula is C15H21NO5S. The average Bonchev–Trinajstić information content (AvgIpc) is 2.94. The molecule has 7 heteroatoms. The fraction of sp³-hybridized carbons (Fsp3) is 0.533. The molecule has 0 saturated carbocycles. The molecule has 0 aliphatic carbocycles. The van der Waals surface area contributed by atoms with Crippen molar-refractivity contribution >= 4 is 29.2 Å². The fourth-order valence-corrected chi connectivity index (χ4v) is 2.61. The van der Waals surface area contributed by atoms with Crippen molar-refractivity contribution < 1.29 is 23.9 Å². The molecule has 1 aromatic rings. The Bertz CT molecular complexity index is 540. The number of carbonyl (C=O) groups is 3. The van der Waals surface area contributed by atoms with Gasteiger partial charge < -0.3 is 14.8 Å². The number of hydrogen-bond donors (Lipinski definition) is 1. The number of aryl methyl sites for hydroxylation is 1. The van der Waals surface area contributed by atoms with Gasteiger partial charge in [0.1, 0.15) is 10.9 Å². The van der Waals surface area contributed by atoms with E-state index in [9.17, 15) is 14.4 Å². The molecule has 2 atom stereocenters. The van der Waals surface area contributed by atoms with Crippen molar-refractivity contribution in [2.45, 2.75) is 33.2 Å². The SMILES string of the molecule is CC[C@H](C)[C@@H](NC(=O)COC(=O)c1sccc1C)C(=O)OC. The van der Waals surface area contributed by atoms with Gasteiger partial charge in [0.2, 0.25) is 0 Å². The van der Waals surface area contributed by atoms with Gasteiger partial charge in [0.25, 0.3) is 5.91 Å². The second-order valence-corrected chi connectivity index (χ2v) is 5.88. The molecule has 0 aliphatic rings. The molecule has 0 aromatic carbocycles. The Balaban J connectivity index is 2.55. The monoisotopic (exact) mass is 327 g/mol. The van der Waals surface area contributed by atoms with Crippen molar-refractivity contribution in [1.82, 2.24) is 5.32 Å². The number of hydrogen-bond acceptors (Lipinski definition) is 6. The summed E-state index contributed by atoms with van der Waals surface area (Å²) in [6.07, 6.45) is 0.703. The predicted molar refractivity (Wildman–Crippen MR) is 82.7 cm³/mol. The Hall–Kier alpha value is -1.89. The van der Waals surface area contributed by atoms with Gasteiger partial charge in [-0.05, 0) is 29.9 Å². The van der Waals surface area contributed by atoms with E-state index in [1.807, 2.05) is 13.8 Å². The smallest absolute Gasteiger partial charge is 0.349 e. The normalized spacial score (nSPS) is 13.1. The number of rotatable bonds is 7. The van der Waals surface area contributed by atoms with E-state index < -0.39 is 30.5 Å². The Morgan fingerprint density at radius 3 is 2.55 bits per heavy atom. The van der Waals surface area contributed by atoms with E-state index in [0.29, 0.717) is 11.3 Å². The molecule has 1 heterocycles. The van der Waals surface area contributed by atoms with Crippen LogP contribution in [0.15, 0.2) is 11.4 Å². The zero-order valence-corrected chi connectivity index (χ0v) is 14.0. The van der Waals surface area contributed by atoms with E-state index in [4.69, 9.17) is 4.74 Å². The molecule has 0 unspecified atom stereocenters. The average molecular weight is 327 g/mol. The van der Waals surface area contributed by atoms with Crippen molar-refractivity contribution in [3.63, 3.8) is 0 Å². The van der Waals surface area contributed by atoms with Crippen LogP contribution >= 0.6 is 11.3 Å². The second kappa shape index (κ2) is 8.53. The maximum Gasteiger partial charge on any atom is 0.349 e. The second-order valence-electron chi connectivity index (χ2n) is 4.96. The molecule has 0 bridgehead atoms. The van der Waals surface area contributed by atoms with Crippen LogP contribution in [0.25, 0.3) is 0 Å². The highest BCUT2D eigenvalue weighted by Gasteiger charge is 2.27. The standard InChI is InChI=1S/C15H21NO5S/c1-5-9(2)12(14(18)20-4)16-11(17)8-21-15(19)13-10(3)6-7-22-13/h6-7,9,12H,5,8H2,1-4H3,(H,16,17)/t9-,12+/m0/s1. The lowest BCUT2D eigenvalue weighted by molar-refractivity contribution is -0.147. The maximum atomic E-state index is 11.9. The third-order valence-corrected chi connectivity index (χ3v) is 4.36. The molecular weight excluding hydrogens is 306 g/mol. The van der Waals surface area contributed by atoms with Crippen LogP contribution in [0.4, 0.5) is 0 Å². The van der Waals surface area contributed by atoms with Crippen LogP contribution in [0.2, 0.25) is 0 Å². The minimum absolute atomic E-state index is 0.0772. The van der Waals surface area contributed by atoms with Gasteiger partial charge in [-0.2, -0.15) is 0 Å². The van der Waals surface area contributed by atoms with Crippen LogP contribution in [-0.2, 0) is 19.1 Å². The summed E-state index contributed by atoms with van der Waals surface area (Å²) < 4.78 is 9.64. The molecule has 0 fully saturated rings. The molecule has 0 radical (unpaired) electrons. The molecule has 1 rings (SSSR count). The lowest BCUT2D eigenvalue weighted by Gasteiger charge is -2.21. The third-order valence-electron chi connectivity index (χ3n) is 3.37. The number of nitrogens with one attached hydrogen (secondary N) is 1. The Morgan fingerprint density at radius 2 is 2.05 bits per heavy atom. The van der Waals surface area contributed by atoms with Gasteiger partial charge in [-0.25, -0.2) is 9.59 Å². The number of methoxy groups -OCH3 is 1. The van der Waals surface area contributed by atoms with Crippen molar-refractivity contribution in [3.8, 4) is 0 Å². The molecule has 0 spiro atoms. The molecule has 0 aliphatic heterocycles. The number of thiophene rings is 1. The van der Waals surface area contributed by atoms with Crippen molar-refractivity contribution in [2.24, 2.45) is 5.92 Å². The number of carbonyl (C=O) groups excluding carboxylic acids is 3. The first-order valence-electron chi connectivity index (χ1n) is 6.99. The number of ether oxygens (including phenoxy) is 2. The minimum Gasteiger partial charge on any atom is -0.467 e. The highest BCUT2D eigenvalue weighted by atomic mass is 32.1. The Kier molecular flexibility index (Phi) is 7.04. The van der Waals surface area contributed by atoms with Crippen LogP contribution < -0.4 is 5.32 Å². The highest BCUT2D eigenvalue weighted by molar-refractivity contribution is 7.12. The third kappa shape index (κ3) is 4.84. The minimum atomic E-state index is -0.746. The van der Waals surface area contributed by atoms with Gasteiger partial charge in [-0.15, -0.1) is 11.3 Å². The zero-order chi connectivity index (χ0) is 16.7. The van der Waals surface area contributed by atoms with Crippen LogP contribution in [0.3, 0.4) is 0 Å². The Morgan fingerprint density at radius 1 is 1.36 bits per heavy atom. The number of amides is 1. The van der Waals surface area contributed by atoms with Gasteiger partial charge >= 0.3 is 11.9 Å².